The van der Waals surface area contributed by atoms with Crippen molar-refractivity contribution in [3.05, 3.63) is 70.6 Å². The van der Waals surface area contributed by atoms with Crippen LogP contribution < -0.4 is 4.90 Å². The first-order chi connectivity index (χ1) is 15.2. The van der Waals surface area contributed by atoms with Crippen LogP contribution in [0.15, 0.2) is 64.9 Å². The van der Waals surface area contributed by atoms with E-state index in [2.05, 4.69) is 0 Å². The number of sulfone groups is 1. The molecule has 0 bridgehead atoms. The summed E-state index contributed by atoms with van der Waals surface area (Å²) in [5, 5.41) is 1.50. The van der Waals surface area contributed by atoms with Crippen LogP contribution in [0.3, 0.4) is 0 Å². The van der Waals surface area contributed by atoms with Gasteiger partial charge < -0.3 is 9.64 Å². The molecule has 0 radical (unpaired) electrons. The second-order valence-electron chi connectivity index (χ2n) is 7.42. The van der Waals surface area contributed by atoms with E-state index in [1.165, 1.54) is 39.5 Å². The first kappa shape index (κ1) is 22.9. The lowest BCUT2D eigenvalue weighted by atomic mass is 10.1. The third kappa shape index (κ3) is 4.74. The van der Waals surface area contributed by atoms with Crippen molar-refractivity contribution in [3.63, 3.8) is 0 Å². The summed E-state index contributed by atoms with van der Waals surface area (Å²) in [4.78, 5) is 14.8. The van der Waals surface area contributed by atoms with Gasteiger partial charge in [-0.3, -0.25) is 4.79 Å². The molecule has 1 amide bonds. The van der Waals surface area contributed by atoms with Gasteiger partial charge in [0.25, 0.3) is 5.91 Å². The Morgan fingerprint density at radius 2 is 1.78 bits per heavy atom. The minimum atomic E-state index is -3.69. The van der Waals surface area contributed by atoms with Crippen molar-refractivity contribution in [2.45, 2.75) is 10.9 Å². The predicted octanol–water partition coefficient (Wildman–Crippen LogP) is 2.32. The lowest BCUT2D eigenvalue weighted by Gasteiger charge is -2.28. The van der Waals surface area contributed by atoms with E-state index in [0.29, 0.717) is 23.9 Å². The first-order valence-corrected chi connectivity index (χ1v) is 13.4. The van der Waals surface area contributed by atoms with E-state index in [-0.39, 0.29) is 29.3 Å². The number of amides is 1. The van der Waals surface area contributed by atoms with E-state index >= 15 is 0 Å². The topological polar surface area (TPSA) is 101 Å². The molecule has 0 N–H and O–H groups in total. The molecule has 170 valence electrons. The number of carbonyl (C=O) groups is 1. The molecule has 0 spiro atoms. The summed E-state index contributed by atoms with van der Waals surface area (Å²) in [5.74, 6) is -0.705. The zero-order valence-corrected chi connectivity index (χ0v) is 19.3. The lowest BCUT2D eigenvalue weighted by Crippen LogP contribution is -2.41. The Labute approximate surface area is 192 Å². The van der Waals surface area contributed by atoms with E-state index in [4.69, 9.17) is 16.3 Å². The number of ether oxygens (including phenoxy) is 1. The van der Waals surface area contributed by atoms with Gasteiger partial charge in [-0.2, -0.15) is 4.31 Å². The molecule has 0 saturated carbocycles. The minimum absolute atomic E-state index is 0.0774. The summed E-state index contributed by atoms with van der Waals surface area (Å²) in [5.41, 5.74) is 0.669. The molecule has 0 unspecified atom stereocenters. The summed E-state index contributed by atoms with van der Waals surface area (Å²) in [6.07, 6.45) is 1.46. The Hall–Kier alpha value is -2.24. The normalized spacial score (nSPS) is 20.8. The summed E-state index contributed by atoms with van der Waals surface area (Å²) in [6, 6.07) is 11.5. The Morgan fingerprint density at radius 1 is 1.09 bits per heavy atom. The fraction of sp³-hybridized carbons (Fsp3) is 0.286. The molecule has 2 aliphatic rings. The molecule has 1 fully saturated rings. The van der Waals surface area contributed by atoms with E-state index in [1.54, 1.807) is 24.3 Å². The summed E-state index contributed by atoms with van der Waals surface area (Å²) in [7, 11) is -7.11. The van der Waals surface area contributed by atoms with Gasteiger partial charge in [0.2, 0.25) is 10.0 Å². The van der Waals surface area contributed by atoms with Gasteiger partial charge in [-0.1, -0.05) is 17.7 Å². The molecule has 2 aliphatic heterocycles. The highest BCUT2D eigenvalue weighted by molar-refractivity contribution is 7.94. The Balaban J connectivity index is 1.65. The standard InChI is InChI=1S/C21H21ClN2O6S2/c22-17-2-1-3-18(14-17)24(19-8-13-31(26,27)15-19)21(25)16-4-6-20(7-5-16)32(28,29)23-9-11-30-12-10-23/h1-8,13-14,19H,9-12,15H2/t19-/m1/s1. The van der Waals surface area contributed by atoms with Crippen molar-refractivity contribution in [1.29, 1.82) is 0 Å². The largest absolute Gasteiger partial charge is 0.379 e. The molecule has 1 saturated heterocycles. The molecular weight excluding hydrogens is 476 g/mol. The molecular formula is C21H21ClN2O6S2. The average molecular weight is 497 g/mol. The average Bonchev–Trinajstić information content (AvgIpc) is 3.13. The first-order valence-electron chi connectivity index (χ1n) is 9.85. The van der Waals surface area contributed by atoms with Crippen molar-refractivity contribution in [3.8, 4) is 0 Å². The molecule has 2 heterocycles. The Morgan fingerprint density at radius 3 is 2.38 bits per heavy atom. The van der Waals surface area contributed by atoms with Crippen molar-refractivity contribution in [1.82, 2.24) is 4.31 Å². The molecule has 1 atom stereocenters. The van der Waals surface area contributed by atoms with Gasteiger partial charge >= 0.3 is 0 Å². The molecule has 4 rings (SSSR count). The van der Waals surface area contributed by atoms with Crippen LogP contribution in [0.25, 0.3) is 0 Å². The monoisotopic (exact) mass is 496 g/mol. The summed E-state index contributed by atoms with van der Waals surface area (Å²) >= 11 is 6.09. The Bertz CT molecular complexity index is 1250. The van der Waals surface area contributed by atoms with Crippen molar-refractivity contribution in [2.75, 3.05) is 37.0 Å². The highest BCUT2D eigenvalue weighted by atomic mass is 35.5. The quantitative estimate of drug-likeness (QED) is 0.629. The summed E-state index contributed by atoms with van der Waals surface area (Å²) in [6.45, 7) is 1.21. The molecule has 8 nitrogen and oxygen atoms in total. The van der Waals surface area contributed by atoms with Gasteiger partial charge in [0.1, 0.15) is 0 Å². The van der Waals surface area contributed by atoms with Crippen LogP contribution in [-0.2, 0) is 24.6 Å². The molecule has 0 aromatic heterocycles. The van der Waals surface area contributed by atoms with Gasteiger partial charge in [-0.05, 0) is 48.5 Å². The van der Waals surface area contributed by atoms with Crippen LogP contribution in [0.1, 0.15) is 10.4 Å². The fourth-order valence-corrected chi connectivity index (χ4v) is 6.51. The van der Waals surface area contributed by atoms with Crippen LogP contribution in [0.2, 0.25) is 5.02 Å². The van der Waals surface area contributed by atoms with E-state index in [1.807, 2.05) is 0 Å². The second kappa shape index (κ2) is 8.95. The van der Waals surface area contributed by atoms with Crippen molar-refractivity contribution in [2.24, 2.45) is 0 Å². The number of sulfonamides is 1. The van der Waals surface area contributed by atoms with Crippen LogP contribution in [0, 0.1) is 0 Å². The third-order valence-corrected chi connectivity index (χ3v) is 8.78. The number of morpholine rings is 1. The van der Waals surface area contributed by atoms with Crippen molar-refractivity contribution >= 4 is 43.1 Å². The van der Waals surface area contributed by atoms with Gasteiger partial charge in [0.15, 0.2) is 9.84 Å². The van der Waals surface area contributed by atoms with E-state index in [9.17, 15) is 21.6 Å². The predicted molar refractivity (Wildman–Crippen MR) is 121 cm³/mol. The number of anilines is 1. The van der Waals surface area contributed by atoms with Crippen LogP contribution in [0.5, 0.6) is 0 Å². The Kier molecular flexibility index (Phi) is 6.42. The maximum atomic E-state index is 13.4. The van der Waals surface area contributed by atoms with Gasteiger partial charge in [-0.25, -0.2) is 16.8 Å². The van der Waals surface area contributed by atoms with Crippen LogP contribution in [0.4, 0.5) is 5.69 Å². The molecule has 2 aromatic rings. The minimum Gasteiger partial charge on any atom is -0.379 e. The van der Waals surface area contributed by atoms with E-state index in [0.717, 1.165) is 5.41 Å². The van der Waals surface area contributed by atoms with E-state index < -0.39 is 31.8 Å². The SMILES string of the molecule is O=C(c1ccc(S(=O)(=O)N2CCOCC2)cc1)N(c1cccc(Cl)c1)[C@@H]1C=CS(=O)(=O)C1. The maximum Gasteiger partial charge on any atom is 0.258 e. The van der Waals surface area contributed by atoms with Crippen molar-refractivity contribution < 1.29 is 26.4 Å². The zero-order chi connectivity index (χ0) is 22.9. The number of carbonyl (C=O) groups excluding carboxylic acids is 1. The van der Waals surface area contributed by atoms with Gasteiger partial charge in [-0.15, -0.1) is 0 Å². The number of halogens is 1. The highest BCUT2D eigenvalue weighted by Crippen LogP contribution is 2.28. The lowest BCUT2D eigenvalue weighted by molar-refractivity contribution is 0.0730. The number of nitrogens with zero attached hydrogens (tertiary/aromatic N) is 2. The molecule has 0 aliphatic carbocycles. The van der Waals surface area contributed by atoms with Gasteiger partial charge in [0, 0.05) is 34.8 Å². The number of hydrogen-bond acceptors (Lipinski definition) is 6. The molecule has 2 aromatic carbocycles. The van der Waals surface area contributed by atoms with Gasteiger partial charge in [0.05, 0.1) is 29.9 Å². The van der Waals surface area contributed by atoms with Crippen LogP contribution >= 0.6 is 11.6 Å². The highest BCUT2D eigenvalue weighted by Gasteiger charge is 2.33. The summed E-state index contributed by atoms with van der Waals surface area (Å²) < 4.78 is 56.2. The molecule has 11 heteroatoms. The number of benzene rings is 2. The smallest absolute Gasteiger partial charge is 0.258 e. The van der Waals surface area contributed by atoms with Crippen LogP contribution in [-0.4, -0.2) is 65.1 Å². The zero-order valence-electron chi connectivity index (χ0n) is 16.9. The second-order valence-corrected chi connectivity index (χ2v) is 11.7. The fourth-order valence-electron chi connectivity index (χ4n) is 3.65. The maximum absolute atomic E-state index is 13.4. The molecule has 32 heavy (non-hydrogen) atoms. The third-order valence-electron chi connectivity index (χ3n) is 5.26. The number of rotatable bonds is 5. The number of hydrogen-bond donors (Lipinski definition) is 0.